The van der Waals surface area contributed by atoms with Gasteiger partial charge in [0, 0.05) is 10.7 Å². The summed E-state index contributed by atoms with van der Waals surface area (Å²) in [5, 5.41) is 3.07. The Bertz CT molecular complexity index is 673. The second kappa shape index (κ2) is 7.47. The Labute approximate surface area is 132 Å². The number of anilines is 1. The van der Waals surface area contributed by atoms with Gasteiger partial charge in [-0.1, -0.05) is 29.8 Å². The highest BCUT2D eigenvalue weighted by molar-refractivity contribution is 6.30. The predicted molar refractivity (Wildman–Crippen MR) is 83.4 cm³/mol. The van der Waals surface area contributed by atoms with E-state index in [-0.39, 0.29) is 23.8 Å². The first kappa shape index (κ1) is 15.9. The van der Waals surface area contributed by atoms with E-state index >= 15 is 0 Å². The number of carbonyl (C=O) groups excluding carboxylic acids is 2. The van der Waals surface area contributed by atoms with E-state index in [4.69, 9.17) is 16.3 Å². The average Bonchev–Trinajstić information content (AvgIpc) is 2.53. The van der Waals surface area contributed by atoms with Crippen LogP contribution in [0.3, 0.4) is 0 Å². The van der Waals surface area contributed by atoms with Crippen LogP contribution >= 0.6 is 11.6 Å². The highest BCUT2D eigenvalue weighted by atomic mass is 35.5. The number of nitrogens with one attached hydrogen (secondary N) is 1. The average molecular weight is 320 g/mol. The summed E-state index contributed by atoms with van der Waals surface area (Å²) in [5.74, 6) is -0.709. The van der Waals surface area contributed by atoms with E-state index in [2.05, 4.69) is 10.1 Å². The van der Waals surface area contributed by atoms with E-state index in [9.17, 15) is 9.59 Å². The molecule has 2 aromatic rings. The van der Waals surface area contributed by atoms with Crippen LogP contribution in [0.5, 0.6) is 5.75 Å². The van der Waals surface area contributed by atoms with Gasteiger partial charge in [0.1, 0.15) is 11.3 Å². The number of carbonyl (C=O) groups is 2. The number of ether oxygens (including phenoxy) is 2. The number of rotatable bonds is 5. The zero-order chi connectivity index (χ0) is 15.9. The van der Waals surface area contributed by atoms with Gasteiger partial charge in [-0.3, -0.25) is 4.79 Å². The third-order valence-electron chi connectivity index (χ3n) is 2.77. The number of methoxy groups -OCH3 is 1. The zero-order valence-electron chi connectivity index (χ0n) is 11.8. The van der Waals surface area contributed by atoms with Crippen molar-refractivity contribution in [1.29, 1.82) is 0 Å². The first-order valence-corrected chi connectivity index (χ1v) is 6.83. The minimum Gasteiger partial charge on any atom is -0.483 e. The molecular weight excluding hydrogens is 306 g/mol. The molecule has 22 heavy (non-hydrogen) atoms. The molecule has 0 atom stereocenters. The molecule has 2 rings (SSSR count). The molecule has 0 saturated carbocycles. The van der Waals surface area contributed by atoms with E-state index in [1.54, 1.807) is 18.2 Å². The van der Waals surface area contributed by atoms with Crippen LogP contribution in [0.25, 0.3) is 0 Å². The molecule has 2 aromatic carbocycles. The lowest BCUT2D eigenvalue weighted by atomic mass is 10.2. The minimum atomic E-state index is -0.560. The van der Waals surface area contributed by atoms with Gasteiger partial charge in [-0.2, -0.15) is 0 Å². The van der Waals surface area contributed by atoms with Crippen LogP contribution in [0.2, 0.25) is 5.02 Å². The smallest absolute Gasteiger partial charge is 0.341 e. The Hall–Kier alpha value is -2.53. The van der Waals surface area contributed by atoms with E-state index in [1.165, 1.54) is 19.2 Å². The predicted octanol–water partition coefficient (Wildman–Crippen LogP) is 3.14. The molecule has 114 valence electrons. The van der Waals surface area contributed by atoms with Crippen molar-refractivity contribution in [1.82, 2.24) is 0 Å². The van der Waals surface area contributed by atoms with Crippen molar-refractivity contribution in [3.8, 4) is 5.75 Å². The molecule has 0 aliphatic rings. The van der Waals surface area contributed by atoms with Crippen LogP contribution in [0.1, 0.15) is 10.4 Å². The summed E-state index contributed by atoms with van der Waals surface area (Å²) in [6.45, 7) is -0.251. The van der Waals surface area contributed by atoms with Gasteiger partial charge in [-0.25, -0.2) is 4.79 Å². The van der Waals surface area contributed by atoms with Crippen LogP contribution in [-0.2, 0) is 9.53 Å². The SMILES string of the molecule is COC(=O)c1ccc(Cl)cc1OCC(=O)Nc1ccccc1. The van der Waals surface area contributed by atoms with Gasteiger partial charge in [0.2, 0.25) is 0 Å². The van der Waals surface area contributed by atoms with Crippen molar-refractivity contribution in [2.24, 2.45) is 0 Å². The van der Waals surface area contributed by atoms with Gasteiger partial charge in [0.05, 0.1) is 7.11 Å². The third kappa shape index (κ3) is 4.23. The molecule has 0 aromatic heterocycles. The summed E-state index contributed by atoms with van der Waals surface area (Å²) in [4.78, 5) is 23.5. The Morgan fingerprint density at radius 2 is 1.86 bits per heavy atom. The van der Waals surface area contributed by atoms with Crippen molar-refractivity contribution in [2.45, 2.75) is 0 Å². The van der Waals surface area contributed by atoms with E-state index in [0.717, 1.165) is 0 Å². The monoisotopic (exact) mass is 319 g/mol. The summed E-state index contributed by atoms with van der Waals surface area (Å²) < 4.78 is 10.0. The quantitative estimate of drug-likeness (QED) is 0.860. The number of hydrogen-bond acceptors (Lipinski definition) is 4. The van der Waals surface area contributed by atoms with E-state index < -0.39 is 5.97 Å². The lowest BCUT2D eigenvalue weighted by Gasteiger charge is -2.11. The van der Waals surface area contributed by atoms with Crippen molar-refractivity contribution < 1.29 is 19.1 Å². The maximum Gasteiger partial charge on any atom is 0.341 e. The summed E-state index contributed by atoms with van der Waals surface area (Å²) >= 11 is 5.88. The van der Waals surface area contributed by atoms with Gasteiger partial charge in [-0.05, 0) is 30.3 Å². The molecular formula is C16H14ClNO4. The van der Waals surface area contributed by atoms with Gasteiger partial charge >= 0.3 is 5.97 Å². The fraction of sp³-hybridized carbons (Fsp3) is 0.125. The van der Waals surface area contributed by atoms with E-state index in [0.29, 0.717) is 10.7 Å². The Morgan fingerprint density at radius 1 is 1.14 bits per heavy atom. The summed E-state index contributed by atoms with van der Waals surface area (Å²) in [6.07, 6.45) is 0. The number of benzene rings is 2. The molecule has 0 radical (unpaired) electrons. The lowest BCUT2D eigenvalue weighted by molar-refractivity contribution is -0.118. The number of amides is 1. The van der Waals surface area contributed by atoms with Crippen LogP contribution in [0.15, 0.2) is 48.5 Å². The molecule has 0 unspecified atom stereocenters. The van der Waals surface area contributed by atoms with E-state index in [1.807, 2.05) is 18.2 Å². The Morgan fingerprint density at radius 3 is 2.55 bits per heavy atom. The molecule has 1 amide bonds. The lowest BCUT2D eigenvalue weighted by Crippen LogP contribution is -2.21. The molecule has 0 saturated heterocycles. The van der Waals surface area contributed by atoms with Crippen LogP contribution in [0.4, 0.5) is 5.69 Å². The first-order valence-electron chi connectivity index (χ1n) is 6.45. The van der Waals surface area contributed by atoms with Gasteiger partial charge in [0.15, 0.2) is 6.61 Å². The third-order valence-corrected chi connectivity index (χ3v) is 3.00. The second-order valence-corrected chi connectivity index (χ2v) is 4.77. The minimum absolute atomic E-state index is 0.197. The van der Waals surface area contributed by atoms with Gasteiger partial charge in [-0.15, -0.1) is 0 Å². The first-order chi connectivity index (χ1) is 10.6. The molecule has 0 aliphatic heterocycles. The highest BCUT2D eigenvalue weighted by Gasteiger charge is 2.14. The zero-order valence-corrected chi connectivity index (χ0v) is 12.6. The molecule has 0 aliphatic carbocycles. The molecule has 0 bridgehead atoms. The summed E-state index contributed by atoms with van der Waals surface area (Å²) in [5.41, 5.74) is 0.870. The molecule has 1 N–H and O–H groups in total. The Kier molecular flexibility index (Phi) is 5.38. The van der Waals surface area contributed by atoms with Crippen molar-refractivity contribution in [3.63, 3.8) is 0 Å². The normalized spacial score (nSPS) is 9.91. The standard InChI is InChI=1S/C16H14ClNO4/c1-21-16(20)13-8-7-11(17)9-14(13)22-10-15(19)18-12-5-3-2-4-6-12/h2-9H,10H2,1H3,(H,18,19). The van der Waals surface area contributed by atoms with Crippen LogP contribution < -0.4 is 10.1 Å². The molecule has 5 nitrogen and oxygen atoms in total. The maximum absolute atomic E-state index is 11.8. The van der Waals surface area contributed by atoms with Gasteiger partial charge in [0.25, 0.3) is 5.91 Å². The molecule has 0 spiro atoms. The number of esters is 1. The molecule has 0 heterocycles. The number of hydrogen-bond donors (Lipinski definition) is 1. The van der Waals surface area contributed by atoms with Crippen LogP contribution in [0, 0.1) is 0 Å². The van der Waals surface area contributed by atoms with Crippen molar-refractivity contribution in [2.75, 3.05) is 19.0 Å². The Balaban J connectivity index is 2.03. The molecule has 6 heteroatoms. The fourth-order valence-electron chi connectivity index (χ4n) is 1.76. The van der Waals surface area contributed by atoms with Crippen molar-refractivity contribution >= 4 is 29.2 Å². The largest absolute Gasteiger partial charge is 0.483 e. The van der Waals surface area contributed by atoms with Crippen molar-refractivity contribution in [3.05, 3.63) is 59.1 Å². The number of para-hydroxylation sites is 1. The summed E-state index contributed by atoms with van der Waals surface area (Å²) in [6, 6.07) is 13.5. The topological polar surface area (TPSA) is 64.6 Å². The fourth-order valence-corrected chi connectivity index (χ4v) is 1.92. The molecule has 0 fully saturated rings. The number of halogens is 1. The second-order valence-electron chi connectivity index (χ2n) is 4.33. The highest BCUT2D eigenvalue weighted by Crippen LogP contribution is 2.24. The van der Waals surface area contributed by atoms with Crippen LogP contribution in [-0.4, -0.2) is 25.6 Å². The van der Waals surface area contributed by atoms with Gasteiger partial charge < -0.3 is 14.8 Å². The summed E-state index contributed by atoms with van der Waals surface area (Å²) in [7, 11) is 1.27. The maximum atomic E-state index is 11.8.